The van der Waals surface area contributed by atoms with Gasteiger partial charge in [-0.3, -0.25) is 4.57 Å². The molecule has 0 aliphatic heterocycles. The SMILES string of the molecule is CC(C)(CC(C)(C)P(=O)(O)O)c1ccc(O)cc1. The molecule has 0 spiro atoms. The summed E-state index contributed by atoms with van der Waals surface area (Å²) in [6.07, 6.45) is 0.356. The van der Waals surface area contributed by atoms with Crippen LogP contribution in [0.25, 0.3) is 0 Å². The summed E-state index contributed by atoms with van der Waals surface area (Å²) in [4.78, 5) is 18.7. The fourth-order valence-corrected chi connectivity index (χ4v) is 2.80. The van der Waals surface area contributed by atoms with Crippen LogP contribution in [-0.4, -0.2) is 20.0 Å². The molecule has 0 fully saturated rings. The van der Waals surface area contributed by atoms with Gasteiger partial charge in [-0.15, -0.1) is 0 Å². The van der Waals surface area contributed by atoms with Crippen molar-refractivity contribution in [3.8, 4) is 5.75 Å². The van der Waals surface area contributed by atoms with E-state index in [1.807, 2.05) is 13.8 Å². The predicted octanol–water partition coefficient (Wildman–Crippen LogP) is 3.02. The largest absolute Gasteiger partial charge is 0.508 e. The lowest BCUT2D eigenvalue weighted by Crippen LogP contribution is -2.31. The Morgan fingerprint density at radius 3 is 1.89 bits per heavy atom. The molecule has 0 saturated carbocycles. The number of phenols is 1. The second-order valence-electron chi connectivity index (χ2n) is 5.96. The van der Waals surface area contributed by atoms with Gasteiger partial charge in [0.1, 0.15) is 5.75 Å². The minimum absolute atomic E-state index is 0.184. The zero-order chi connectivity index (χ0) is 14.2. The van der Waals surface area contributed by atoms with Crippen molar-refractivity contribution in [2.45, 2.75) is 44.7 Å². The molecule has 1 rings (SSSR count). The Morgan fingerprint density at radius 2 is 1.50 bits per heavy atom. The van der Waals surface area contributed by atoms with Crippen LogP contribution in [0.3, 0.4) is 0 Å². The van der Waals surface area contributed by atoms with Crippen molar-refractivity contribution in [2.24, 2.45) is 0 Å². The van der Waals surface area contributed by atoms with E-state index in [1.54, 1.807) is 38.1 Å². The first-order valence-corrected chi connectivity index (χ1v) is 7.42. The van der Waals surface area contributed by atoms with Gasteiger partial charge in [-0.2, -0.15) is 0 Å². The quantitative estimate of drug-likeness (QED) is 0.736. The van der Waals surface area contributed by atoms with Crippen LogP contribution < -0.4 is 0 Å². The summed E-state index contributed by atoms with van der Waals surface area (Å²) in [5, 5.41) is 8.18. The Kier molecular flexibility index (Phi) is 3.97. The lowest BCUT2D eigenvalue weighted by atomic mass is 9.77. The van der Waals surface area contributed by atoms with Crippen molar-refractivity contribution in [3.63, 3.8) is 0 Å². The molecule has 0 bridgehead atoms. The Balaban J connectivity index is 3.02. The van der Waals surface area contributed by atoms with E-state index in [1.165, 1.54) is 0 Å². The third-order valence-corrected chi connectivity index (χ3v) is 5.05. The van der Waals surface area contributed by atoms with E-state index in [-0.39, 0.29) is 11.2 Å². The van der Waals surface area contributed by atoms with Gasteiger partial charge < -0.3 is 14.9 Å². The van der Waals surface area contributed by atoms with Crippen LogP contribution in [0.2, 0.25) is 0 Å². The van der Waals surface area contributed by atoms with Crippen molar-refractivity contribution in [3.05, 3.63) is 29.8 Å². The molecule has 0 aromatic heterocycles. The fraction of sp³-hybridized carbons (Fsp3) is 0.538. The van der Waals surface area contributed by atoms with Crippen LogP contribution in [0.1, 0.15) is 39.7 Å². The van der Waals surface area contributed by atoms with Crippen molar-refractivity contribution >= 4 is 7.60 Å². The smallest absolute Gasteiger partial charge is 0.331 e. The van der Waals surface area contributed by atoms with E-state index in [4.69, 9.17) is 0 Å². The Labute approximate surface area is 108 Å². The second kappa shape index (κ2) is 4.69. The maximum absolute atomic E-state index is 11.5. The minimum atomic E-state index is -4.14. The molecule has 5 heteroatoms. The summed E-state index contributed by atoms with van der Waals surface area (Å²) in [6.45, 7) is 7.04. The highest BCUT2D eigenvalue weighted by molar-refractivity contribution is 7.53. The molecule has 0 heterocycles. The van der Waals surface area contributed by atoms with Crippen LogP contribution >= 0.6 is 7.60 Å². The van der Waals surface area contributed by atoms with Crippen LogP contribution in [0.15, 0.2) is 24.3 Å². The van der Waals surface area contributed by atoms with E-state index in [2.05, 4.69) is 0 Å². The second-order valence-corrected chi connectivity index (χ2v) is 8.26. The molecule has 1 aromatic carbocycles. The number of benzene rings is 1. The molecule has 3 N–H and O–H groups in total. The molecule has 0 unspecified atom stereocenters. The van der Waals surface area contributed by atoms with Crippen molar-refractivity contribution in [1.29, 1.82) is 0 Å². The van der Waals surface area contributed by atoms with Gasteiger partial charge in [-0.25, -0.2) is 0 Å². The highest BCUT2D eigenvalue weighted by Gasteiger charge is 2.42. The molecule has 0 atom stereocenters. The Hall–Kier alpha value is -0.830. The summed E-state index contributed by atoms with van der Waals surface area (Å²) < 4.78 is 11.5. The first-order chi connectivity index (χ1) is 7.96. The van der Waals surface area contributed by atoms with Crippen molar-refractivity contribution in [2.75, 3.05) is 0 Å². The number of hydrogen-bond acceptors (Lipinski definition) is 2. The van der Waals surface area contributed by atoms with E-state index in [9.17, 15) is 19.5 Å². The van der Waals surface area contributed by atoms with Gasteiger partial charge in [-0.1, -0.05) is 26.0 Å². The summed E-state index contributed by atoms with van der Waals surface area (Å²) in [7, 11) is -4.14. The van der Waals surface area contributed by atoms with Gasteiger partial charge >= 0.3 is 7.60 Å². The number of hydrogen-bond donors (Lipinski definition) is 3. The summed E-state index contributed by atoms with van der Waals surface area (Å²) in [6, 6.07) is 6.74. The molecule has 0 saturated heterocycles. The predicted molar refractivity (Wildman–Crippen MR) is 71.9 cm³/mol. The van der Waals surface area contributed by atoms with E-state index in [0.717, 1.165) is 5.56 Å². The molecular weight excluding hydrogens is 251 g/mol. The zero-order valence-corrected chi connectivity index (χ0v) is 12.1. The van der Waals surface area contributed by atoms with Gasteiger partial charge in [0.05, 0.1) is 5.16 Å². The normalized spacial score (nSPS) is 13.7. The van der Waals surface area contributed by atoms with Crippen LogP contribution in [-0.2, 0) is 9.98 Å². The zero-order valence-electron chi connectivity index (χ0n) is 11.2. The van der Waals surface area contributed by atoms with E-state index in [0.29, 0.717) is 6.42 Å². The van der Waals surface area contributed by atoms with Crippen molar-refractivity contribution < 1.29 is 19.5 Å². The highest BCUT2D eigenvalue weighted by Crippen LogP contribution is 2.55. The molecule has 1 aromatic rings. The minimum Gasteiger partial charge on any atom is -0.508 e. The maximum atomic E-state index is 11.5. The van der Waals surface area contributed by atoms with Gasteiger partial charge in [0.25, 0.3) is 0 Å². The Bertz CT molecular complexity index is 456. The number of aromatic hydroxyl groups is 1. The highest BCUT2D eigenvalue weighted by atomic mass is 31.2. The van der Waals surface area contributed by atoms with Crippen LogP contribution in [0.5, 0.6) is 5.75 Å². The molecule has 4 nitrogen and oxygen atoms in total. The van der Waals surface area contributed by atoms with Gasteiger partial charge in [0, 0.05) is 0 Å². The summed E-state index contributed by atoms with van der Waals surface area (Å²) in [5.41, 5.74) is 0.569. The van der Waals surface area contributed by atoms with Crippen LogP contribution in [0, 0.1) is 0 Å². The fourth-order valence-electron chi connectivity index (χ4n) is 2.20. The first-order valence-electron chi connectivity index (χ1n) is 5.81. The summed E-state index contributed by atoms with van der Waals surface area (Å²) in [5.74, 6) is 0.184. The van der Waals surface area contributed by atoms with E-state index < -0.39 is 12.8 Å². The lowest BCUT2D eigenvalue weighted by Gasteiger charge is -2.35. The monoisotopic (exact) mass is 272 g/mol. The topological polar surface area (TPSA) is 77.8 Å². The third kappa shape index (κ3) is 3.35. The lowest BCUT2D eigenvalue weighted by molar-refractivity contribution is 0.305. The third-order valence-electron chi connectivity index (χ3n) is 3.31. The average molecular weight is 272 g/mol. The van der Waals surface area contributed by atoms with Gasteiger partial charge in [0.15, 0.2) is 0 Å². The number of phenolic OH excluding ortho intramolecular Hbond substituents is 1. The van der Waals surface area contributed by atoms with Gasteiger partial charge in [-0.05, 0) is 43.4 Å². The Morgan fingerprint density at radius 1 is 1.06 bits per heavy atom. The molecule has 0 amide bonds. The molecule has 0 radical (unpaired) electrons. The molecule has 18 heavy (non-hydrogen) atoms. The maximum Gasteiger partial charge on any atom is 0.331 e. The van der Waals surface area contributed by atoms with Crippen LogP contribution in [0.4, 0.5) is 0 Å². The van der Waals surface area contributed by atoms with E-state index >= 15 is 0 Å². The molecular formula is C13H21O4P. The summed E-state index contributed by atoms with van der Waals surface area (Å²) >= 11 is 0. The standard InChI is InChI=1S/C13H21O4P/c1-12(2,9-13(3,4)18(15,16)17)10-5-7-11(14)8-6-10/h5-8,14H,9H2,1-4H3,(H2,15,16,17). The first kappa shape index (κ1) is 15.2. The van der Waals surface area contributed by atoms with Gasteiger partial charge in [0.2, 0.25) is 0 Å². The average Bonchev–Trinajstić information content (AvgIpc) is 2.14. The molecule has 0 aliphatic carbocycles. The number of rotatable bonds is 4. The molecule has 102 valence electrons. The van der Waals surface area contributed by atoms with Crippen molar-refractivity contribution in [1.82, 2.24) is 0 Å². The molecule has 0 aliphatic rings.